The van der Waals surface area contributed by atoms with Gasteiger partial charge in [-0.25, -0.2) is 0 Å². The van der Waals surface area contributed by atoms with Crippen LogP contribution in [-0.4, -0.2) is 32.4 Å². The van der Waals surface area contributed by atoms with Crippen molar-refractivity contribution in [3.05, 3.63) is 60.2 Å². The zero-order chi connectivity index (χ0) is 18.7. The monoisotopic (exact) mass is 397 g/mol. The maximum absolute atomic E-state index is 6.45. The number of hydroxylamine groups is 2. The zero-order valence-electron chi connectivity index (χ0n) is 15.3. The van der Waals surface area contributed by atoms with Gasteiger partial charge >= 0.3 is 0 Å². The molecule has 0 saturated carbocycles. The molecule has 0 aliphatic carbocycles. The molecule has 0 heterocycles. The molecule has 25 heavy (non-hydrogen) atoms. The number of halogens is 2. The van der Waals surface area contributed by atoms with Crippen LogP contribution in [0.4, 0.5) is 0 Å². The lowest BCUT2D eigenvalue weighted by Gasteiger charge is -2.45. The number of nitrogens with zero attached hydrogens (tertiary/aromatic N) is 1. The molecule has 0 aliphatic heterocycles. The third-order valence-corrected chi connectivity index (χ3v) is 5.42. The molecule has 1 unspecified atom stereocenters. The predicted molar refractivity (Wildman–Crippen MR) is 108 cm³/mol. The molecule has 0 radical (unpaired) electrons. The molecule has 0 saturated heterocycles. The van der Waals surface area contributed by atoms with E-state index in [0.717, 1.165) is 16.7 Å². The number of benzene rings is 2. The van der Waals surface area contributed by atoms with E-state index < -0.39 is 18.9 Å². The molecule has 2 rings (SSSR count). The van der Waals surface area contributed by atoms with Crippen LogP contribution in [0.1, 0.15) is 5.56 Å². The third-order valence-electron chi connectivity index (χ3n) is 3.90. The Morgan fingerprint density at radius 3 is 1.88 bits per heavy atom. The first-order valence-electron chi connectivity index (χ1n) is 8.13. The van der Waals surface area contributed by atoms with Crippen molar-refractivity contribution in [1.82, 2.24) is 5.06 Å². The van der Waals surface area contributed by atoms with Gasteiger partial charge in [0.05, 0.1) is 7.11 Å². The molecule has 3 nitrogen and oxygen atoms in total. The Bertz CT molecular complexity index is 674. The first-order valence-corrected chi connectivity index (χ1v) is 12.4. The van der Waals surface area contributed by atoms with Crippen LogP contribution >= 0.6 is 23.2 Å². The quantitative estimate of drug-likeness (QED) is 0.260. The summed E-state index contributed by atoms with van der Waals surface area (Å²) in [6.45, 7) is 6.29. The van der Waals surface area contributed by atoms with Crippen molar-refractivity contribution in [2.75, 3.05) is 14.2 Å². The lowest BCUT2D eigenvalue weighted by Crippen LogP contribution is -2.55. The van der Waals surface area contributed by atoms with Gasteiger partial charge in [0.1, 0.15) is 0 Å². The largest absolute Gasteiger partial charge is 0.393 e. The maximum Gasteiger partial charge on any atom is 0.190 e. The van der Waals surface area contributed by atoms with E-state index in [1.807, 2.05) is 42.5 Å². The molecular formula is C19H25Cl2NO2Si. The molecule has 2 aromatic carbocycles. The number of alkyl halides is 2. The van der Waals surface area contributed by atoms with Gasteiger partial charge in [-0.1, -0.05) is 54.6 Å². The minimum absolute atomic E-state index is 0.827. The highest BCUT2D eigenvalue weighted by Crippen LogP contribution is 2.41. The average Bonchev–Trinajstić information content (AvgIpc) is 2.59. The van der Waals surface area contributed by atoms with Crippen LogP contribution in [0.5, 0.6) is 0 Å². The second kappa shape index (κ2) is 8.21. The number of hydrogen-bond acceptors (Lipinski definition) is 3. The summed E-state index contributed by atoms with van der Waals surface area (Å²) in [6, 6.07) is 18.3. The first-order chi connectivity index (χ1) is 11.7. The lowest BCUT2D eigenvalue weighted by molar-refractivity contribution is -0.257. The van der Waals surface area contributed by atoms with Gasteiger partial charge < -0.3 is 4.43 Å². The minimum atomic E-state index is -1.99. The highest BCUT2D eigenvalue weighted by molar-refractivity contribution is 6.70. The fourth-order valence-electron chi connectivity index (χ4n) is 2.75. The summed E-state index contributed by atoms with van der Waals surface area (Å²) in [4.78, 5) is 4.63. The Kier molecular flexibility index (Phi) is 6.71. The predicted octanol–water partition coefficient (Wildman–Crippen LogP) is 5.65. The van der Waals surface area contributed by atoms with Crippen LogP contribution in [0.15, 0.2) is 54.6 Å². The molecule has 0 amide bonds. The van der Waals surface area contributed by atoms with Crippen LogP contribution in [0, 0.1) is 0 Å². The molecule has 0 bridgehead atoms. The summed E-state index contributed by atoms with van der Waals surface area (Å²) in [7, 11) is 1.38. The molecule has 136 valence electrons. The van der Waals surface area contributed by atoms with E-state index in [4.69, 9.17) is 32.5 Å². The summed E-state index contributed by atoms with van der Waals surface area (Å²) < 4.78 is 6.45. The molecule has 2 aromatic rings. The molecule has 1 atom stereocenters. The van der Waals surface area contributed by atoms with Crippen molar-refractivity contribution < 1.29 is 9.26 Å². The van der Waals surface area contributed by atoms with E-state index in [9.17, 15) is 0 Å². The SMILES string of the molecule is CON(C)C(O[Si](C)(C)C)(c1ccc(-c2ccccc2)cc1)C(Cl)Cl. The Labute approximate surface area is 161 Å². The van der Waals surface area contributed by atoms with Crippen molar-refractivity contribution in [2.24, 2.45) is 0 Å². The van der Waals surface area contributed by atoms with Crippen molar-refractivity contribution >= 4 is 31.5 Å². The fraction of sp³-hybridized carbons (Fsp3) is 0.368. The molecule has 0 N–H and O–H groups in total. The second-order valence-electron chi connectivity index (χ2n) is 6.83. The van der Waals surface area contributed by atoms with Gasteiger partial charge in [0.25, 0.3) is 0 Å². The van der Waals surface area contributed by atoms with Gasteiger partial charge in [0.15, 0.2) is 18.9 Å². The van der Waals surface area contributed by atoms with Crippen molar-refractivity contribution in [1.29, 1.82) is 0 Å². The van der Waals surface area contributed by atoms with E-state index in [1.165, 1.54) is 0 Å². The molecule has 6 heteroatoms. The van der Waals surface area contributed by atoms with Crippen molar-refractivity contribution in [3.63, 3.8) is 0 Å². The highest BCUT2D eigenvalue weighted by atomic mass is 35.5. The molecule has 0 aliphatic rings. The van der Waals surface area contributed by atoms with Gasteiger partial charge in [-0.3, -0.25) is 4.84 Å². The van der Waals surface area contributed by atoms with Crippen molar-refractivity contribution in [3.8, 4) is 11.1 Å². The smallest absolute Gasteiger partial charge is 0.190 e. The zero-order valence-corrected chi connectivity index (χ0v) is 17.8. The highest BCUT2D eigenvalue weighted by Gasteiger charge is 2.47. The van der Waals surface area contributed by atoms with Gasteiger partial charge in [-0.2, -0.15) is 5.06 Å². The van der Waals surface area contributed by atoms with Crippen LogP contribution in [-0.2, 0) is 15.0 Å². The van der Waals surface area contributed by atoms with E-state index >= 15 is 0 Å². The Balaban J connectivity index is 2.50. The summed E-state index contributed by atoms with van der Waals surface area (Å²) in [5, 5.41) is 1.59. The molecule has 0 spiro atoms. The van der Waals surface area contributed by atoms with Gasteiger partial charge in [-0.15, -0.1) is 23.2 Å². The van der Waals surface area contributed by atoms with Gasteiger partial charge in [0, 0.05) is 12.6 Å². The first kappa shape index (κ1) is 20.4. The van der Waals surface area contributed by atoms with Crippen molar-refractivity contribution in [2.45, 2.75) is 30.2 Å². The van der Waals surface area contributed by atoms with E-state index in [2.05, 4.69) is 31.8 Å². The summed E-state index contributed by atoms with van der Waals surface area (Å²) in [5.74, 6) is 0. The maximum atomic E-state index is 6.45. The van der Waals surface area contributed by atoms with E-state index in [1.54, 1.807) is 19.2 Å². The molecule has 0 aromatic heterocycles. The van der Waals surface area contributed by atoms with Crippen LogP contribution in [0.2, 0.25) is 19.6 Å². The van der Waals surface area contributed by atoms with Gasteiger partial charge in [0.2, 0.25) is 0 Å². The normalized spacial score (nSPS) is 14.8. The molecular weight excluding hydrogens is 373 g/mol. The standard InChI is InChI=1S/C19H25Cl2NO2Si/c1-22(23-2)19(18(20)21,24-25(3,4)5)17-13-11-16(12-14-17)15-9-7-6-8-10-15/h6-14,18H,1-5H3. The fourth-order valence-corrected chi connectivity index (χ4v) is 4.81. The lowest BCUT2D eigenvalue weighted by atomic mass is 9.99. The number of rotatable bonds is 7. The number of hydrogen-bond donors (Lipinski definition) is 0. The Morgan fingerprint density at radius 2 is 1.44 bits per heavy atom. The Hall–Kier alpha value is -0.883. The Morgan fingerprint density at radius 1 is 0.920 bits per heavy atom. The summed E-state index contributed by atoms with van der Waals surface area (Å²) >= 11 is 12.8. The second-order valence-corrected chi connectivity index (χ2v) is 12.4. The minimum Gasteiger partial charge on any atom is -0.393 e. The van der Waals surface area contributed by atoms with Crippen LogP contribution in [0.3, 0.4) is 0 Å². The van der Waals surface area contributed by atoms with Gasteiger partial charge in [-0.05, 0) is 30.8 Å². The van der Waals surface area contributed by atoms with E-state index in [-0.39, 0.29) is 0 Å². The topological polar surface area (TPSA) is 21.7 Å². The summed E-state index contributed by atoms with van der Waals surface area (Å²) in [5.41, 5.74) is 2.05. The molecule has 0 fully saturated rings. The average molecular weight is 398 g/mol. The van der Waals surface area contributed by atoms with Crippen LogP contribution < -0.4 is 0 Å². The van der Waals surface area contributed by atoms with E-state index in [0.29, 0.717) is 0 Å². The summed E-state index contributed by atoms with van der Waals surface area (Å²) in [6.07, 6.45) is 0. The third kappa shape index (κ3) is 4.64. The van der Waals surface area contributed by atoms with Crippen LogP contribution in [0.25, 0.3) is 11.1 Å².